The van der Waals surface area contributed by atoms with Gasteiger partial charge in [0.2, 0.25) is 11.9 Å². The molecule has 1 saturated heterocycles. The van der Waals surface area contributed by atoms with Crippen LogP contribution in [-0.4, -0.2) is 55.6 Å². The van der Waals surface area contributed by atoms with Crippen LogP contribution < -0.4 is 20.3 Å². The number of rotatable bonds is 7. The van der Waals surface area contributed by atoms with Crippen LogP contribution >= 0.6 is 0 Å². The second-order valence-corrected chi connectivity index (χ2v) is 9.55. The summed E-state index contributed by atoms with van der Waals surface area (Å²) in [5, 5.41) is 6.06. The van der Waals surface area contributed by atoms with E-state index >= 15 is 0 Å². The minimum Gasteiger partial charge on any atom is -0.494 e. The van der Waals surface area contributed by atoms with E-state index in [1.165, 1.54) is 12.4 Å². The summed E-state index contributed by atoms with van der Waals surface area (Å²) in [6.45, 7) is 1.37. The summed E-state index contributed by atoms with van der Waals surface area (Å²) in [7, 11) is -1.85. The van der Waals surface area contributed by atoms with Crippen LogP contribution in [-0.2, 0) is 14.6 Å². The zero-order valence-corrected chi connectivity index (χ0v) is 19.1. The third-order valence-electron chi connectivity index (χ3n) is 5.22. The maximum absolute atomic E-state index is 12.0. The normalized spacial score (nSPS) is 14.1. The second-order valence-electron chi connectivity index (χ2n) is 7.56. The third kappa shape index (κ3) is 5.37. The van der Waals surface area contributed by atoms with Crippen LogP contribution in [0.4, 0.5) is 29.0 Å². The molecule has 2 heterocycles. The number of aromatic nitrogens is 3. The standard InChI is InChI=1S/C22H24N6O4S/c1-32-19-13-15(28-11-9-16(29)10-12-28)7-8-17(19)25-21-23-14-24-22(27-21)26-18-5-3-4-6-20(18)33(2,30)31/h3-8,13-14H,9-12H2,1-2H3,(H2,23,24,25,26,27). The summed E-state index contributed by atoms with van der Waals surface area (Å²) < 4.78 is 29.6. The predicted molar refractivity (Wildman–Crippen MR) is 125 cm³/mol. The lowest BCUT2D eigenvalue weighted by molar-refractivity contribution is -0.119. The largest absolute Gasteiger partial charge is 0.494 e. The third-order valence-corrected chi connectivity index (χ3v) is 6.38. The monoisotopic (exact) mass is 468 g/mol. The van der Waals surface area contributed by atoms with Gasteiger partial charge in [-0.2, -0.15) is 4.98 Å². The van der Waals surface area contributed by atoms with Crippen molar-refractivity contribution in [1.82, 2.24) is 15.0 Å². The van der Waals surface area contributed by atoms with Crippen LogP contribution in [0.15, 0.2) is 53.7 Å². The van der Waals surface area contributed by atoms with Crippen LogP contribution in [0.25, 0.3) is 0 Å². The van der Waals surface area contributed by atoms with Gasteiger partial charge in [-0.1, -0.05) is 12.1 Å². The lowest BCUT2D eigenvalue weighted by atomic mass is 10.1. The van der Waals surface area contributed by atoms with Crippen molar-refractivity contribution in [2.24, 2.45) is 0 Å². The first-order chi connectivity index (χ1) is 15.8. The molecule has 10 nitrogen and oxygen atoms in total. The predicted octanol–water partition coefficient (Wildman–Crippen LogP) is 2.94. The van der Waals surface area contributed by atoms with Crippen LogP contribution in [0.1, 0.15) is 12.8 Å². The Hall–Kier alpha value is -3.73. The Morgan fingerprint density at radius 1 is 0.970 bits per heavy atom. The first-order valence-electron chi connectivity index (χ1n) is 10.3. The highest BCUT2D eigenvalue weighted by Gasteiger charge is 2.18. The van der Waals surface area contributed by atoms with E-state index in [0.29, 0.717) is 43.1 Å². The number of piperidine rings is 1. The van der Waals surface area contributed by atoms with Crippen molar-refractivity contribution in [2.75, 3.05) is 42.0 Å². The molecule has 0 spiro atoms. The van der Waals surface area contributed by atoms with E-state index in [2.05, 4.69) is 30.5 Å². The van der Waals surface area contributed by atoms with Gasteiger partial charge >= 0.3 is 0 Å². The minimum absolute atomic E-state index is 0.150. The highest BCUT2D eigenvalue weighted by Crippen LogP contribution is 2.32. The fourth-order valence-corrected chi connectivity index (χ4v) is 4.39. The Morgan fingerprint density at radius 3 is 2.30 bits per heavy atom. The molecule has 3 aromatic rings. The topological polar surface area (TPSA) is 126 Å². The number of anilines is 5. The molecule has 172 valence electrons. The number of nitrogens with one attached hydrogen (secondary N) is 2. The number of ketones is 1. The number of Topliss-reactive ketones (excluding diaryl/α,β-unsaturated/α-hetero) is 1. The van der Waals surface area contributed by atoms with Gasteiger partial charge in [-0.3, -0.25) is 4.79 Å². The van der Waals surface area contributed by atoms with E-state index < -0.39 is 9.84 Å². The van der Waals surface area contributed by atoms with Crippen LogP contribution in [0, 0.1) is 0 Å². The number of para-hydroxylation sites is 1. The smallest absolute Gasteiger partial charge is 0.232 e. The zero-order chi connectivity index (χ0) is 23.4. The quantitative estimate of drug-likeness (QED) is 0.534. The second kappa shape index (κ2) is 9.41. The molecule has 2 N–H and O–H groups in total. The molecule has 33 heavy (non-hydrogen) atoms. The first-order valence-corrected chi connectivity index (χ1v) is 12.2. The number of carbonyl (C=O) groups excluding carboxylic acids is 1. The molecule has 0 radical (unpaired) electrons. The summed E-state index contributed by atoms with van der Waals surface area (Å²) >= 11 is 0. The van der Waals surface area contributed by atoms with Crippen molar-refractivity contribution in [3.8, 4) is 5.75 Å². The molecule has 11 heteroatoms. The number of ether oxygens (including phenoxy) is 1. The Morgan fingerprint density at radius 2 is 1.64 bits per heavy atom. The summed E-state index contributed by atoms with van der Waals surface area (Å²) in [5.74, 6) is 1.34. The number of benzene rings is 2. The van der Waals surface area contributed by atoms with Gasteiger partial charge in [0.15, 0.2) is 9.84 Å². The molecule has 0 atom stereocenters. The molecule has 0 bridgehead atoms. The van der Waals surface area contributed by atoms with Crippen molar-refractivity contribution >= 4 is 44.6 Å². The van der Waals surface area contributed by atoms with E-state index in [9.17, 15) is 13.2 Å². The van der Waals surface area contributed by atoms with Gasteiger partial charge in [-0.15, -0.1) is 0 Å². The first kappa shape index (κ1) is 22.5. The molecule has 1 aliphatic heterocycles. The number of nitrogens with zero attached hydrogens (tertiary/aromatic N) is 4. The van der Waals surface area contributed by atoms with Gasteiger partial charge in [0.1, 0.15) is 17.9 Å². The molecule has 0 aliphatic carbocycles. The van der Waals surface area contributed by atoms with Gasteiger partial charge in [-0.05, 0) is 24.3 Å². The number of hydrogen-bond donors (Lipinski definition) is 2. The van der Waals surface area contributed by atoms with Gasteiger partial charge in [0, 0.05) is 43.9 Å². The molecule has 0 saturated carbocycles. The van der Waals surface area contributed by atoms with Gasteiger partial charge in [-0.25, -0.2) is 18.4 Å². The van der Waals surface area contributed by atoms with E-state index in [1.807, 2.05) is 18.2 Å². The Balaban J connectivity index is 1.54. The Bertz CT molecular complexity index is 1270. The molecule has 1 fully saturated rings. The van der Waals surface area contributed by atoms with Gasteiger partial charge in [0.25, 0.3) is 0 Å². The van der Waals surface area contributed by atoms with E-state index in [0.717, 1.165) is 11.9 Å². The molecule has 1 aliphatic rings. The highest BCUT2D eigenvalue weighted by atomic mass is 32.2. The summed E-state index contributed by atoms with van der Waals surface area (Å²) in [4.78, 5) is 26.4. The number of hydrogen-bond acceptors (Lipinski definition) is 10. The zero-order valence-electron chi connectivity index (χ0n) is 18.3. The number of carbonyl (C=O) groups is 1. The van der Waals surface area contributed by atoms with Crippen LogP contribution in [0.2, 0.25) is 0 Å². The fourth-order valence-electron chi connectivity index (χ4n) is 3.55. The van der Waals surface area contributed by atoms with E-state index in [-0.39, 0.29) is 22.6 Å². The minimum atomic E-state index is -3.43. The lowest BCUT2D eigenvalue weighted by Gasteiger charge is -2.28. The lowest BCUT2D eigenvalue weighted by Crippen LogP contribution is -2.33. The highest BCUT2D eigenvalue weighted by molar-refractivity contribution is 7.90. The summed E-state index contributed by atoms with van der Waals surface area (Å²) in [5.41, 5.74) is 2.00. The van der Waals surface area contributed by atoms with E-state index in [4.69, 9.17) is 4.74 Å². The Kier molecular flexibility index (Phi) is 6.40. The van der Waals surface area contributed by atoms with Crippen molar-refractivity contribution < 1.29 is 17.9 Å². The average Bonchev–Trinajstić information content (AvgIpc) is 2.80. The van der Waals surface area contributed by atoms with Crippen molar-refractivity contribution in [2.45, 2.75) is 17.7 Å². The maximum Gasteiger partial charge on any atom is 0.232 e. The van der Waals surface area contributed by atoms with Gasteiger partial charge in [0.05, 0.1) is 23.4 Å². The Labute approximate surface area is 192 Å². The number of sulfone groups is 1. The van der Waals surface area contributed by atoms with E-state index in [1.54, 1.807) is 25.3 Å². The van der Waals surface area contributed by atoms with Crippen LogP contribution in [0.5, 0.6) is 5.75 Å². The number of methoxy groups -OCH3 is 1. The maximum atomic E-state index is 12.0. The van der Waals surface area contributed by atoms with Crippen molar-refractivity contribution in [1.29, 1.82) is 0 Å². The SMILES string of the molecule is COc1cc(N2CCC(=O)CC2)ccc1Nc1ncnc(Nc2ccccc2S(C)(=O)=O)n1. The molecule has 0 amide bonds. The average molecular weight is 469 g/mol. The van der Waals surface area contributed by atoms with Crippen molar-refractivity contribution in [3.05, 3.63) is 48.8 Å². The molecular weight excluding hydrogens is 444 g/mol. The van der Waals surface area contributed by atoms with Crippen LogP contribution in [0.3, 0.4) is 0 Å². The molecule has 2 aromatic carbocycles. The van der Waals surface area contributed by atoms with Crippen molar-refractivity contribution in [3.63, 3.8) is 0 Å². The molecular formula is C22H24N6O4S. The molecule has 1 aromatic heterocycles. The molecule has 0 unspecified atom stereocenters. The fraction of sp³-hybridized carbons (Fsp3) is 0.273. The van der Waals surface area contributed by atoms with Gasteiger partial charge < -0.3 is 20.3 Å². The summed E-state index contributed by atoms with van der Waals surface area (Å²) in [6.07, 6.45) is 3.56. The summed E-state index contributed by atoms with van der Waals surface area (Å²) in [6, 6.07) is 12.2. The molecule has 4 rings (SSSR count).